The molecule has 230 valence electrons. The largest absolute Gasteiger partial charge is 0.456 e. The molecule has 1 N–H and O–H groups in total. The lowest BCUT2D eigenvalue weighted by atomic mass is 9.93. The number of benzene rings is 8. The van der Waals surface area contributed by atoms with Crippen molar-refractivity contribution < 1.29 is 4.42 Å². The summed E-state index contributed by atoms with van der Waals surface area (Å²) in [6.45, 7) is 0. The minimum absolute atomic E-state index is 0.330. The first-order chi connectivity index (χ1) is 24.3. The van der Waals surface area contributed by atoms with Crippen LogP contribution in [0.1, 0.15) is 22.9 Å². The van der Waals surface area contributed by atoms with E-state index in [9.17, 15) is 0 Å². The molecular weight excluding hydrogens is 599 g/mol. The molecule has 1 aliphatic rings. The summed E-state index contributed by atoms with van der Waals surface area (Å²) in [6, 6.07) is 57.4. The van der Waals surface area contributed by atoms with Gasteiger partial charge in [0.2, 0.25) is 0 Å². The van der Waals surface area contributed by atoms with Gasteiger partial charge in [-0.25, -0.2) is 9.98 Å². The maximum Gasteiger partial charge on any atom is 0.160 e. The Kier molecular flexibility index (Phi) is 6.21. The monoisotopic (exact) mass is 627 g/mol. The molecule has 0 spiro atoms. The minimum atomic E-state index is -0.330. The second kappa shape index (κ2) is 11.0. The Morgan fingerprint density at radius 3 is 2.04 bits per heavy atom. The van der Waals surface area contributed by atoms with Crippen LogP contribution in [-0.4, -0.2) is 11.7 Å². The van der Waals surface area contributed by atoms with Crippen LogP contribution < -0.4 is 5.32 Å². The summed E-state index contributed by atoms with van der Waals surface area (Å²) in [7, 11) is 0. The molecule has 0 saturated heterocycles. The first kappa shape index (κ1) is 27.6. The van der Waals surface area contributed by atoms with Crippen molar-refractivity contribution in [2.24, 2.45) is 9.98 Å². The van der Waals surface area contributed by atoms with E-state index >= 15 is 0 Å². The summed E-state index contributed by atoms with van der Waals surface area (Å²) in [5.41, 5.74) is 7.01. The first-order valence-electron chi connectivity index (χ1n) is 16.6. The van der Waals surface area contributed by atoms with E-state index in [4.69, 9.17) is 14.4 Å². The molecule has 0 aliphatic carbocycles. The fraction of sp³-hybridized carbons (Fsp3) is 0.0222. The van der Waals surface area contributed by atoms with Crippen LogP contribution in [0, 0.1) is 0 Å². The Morgan fingerprint density at radius 1 is 0.469 bits per heavy atom. The van der Waals surface area contributed by atoms with Crippen LogP contribution >= 0.6 is 0 Å². The van der Waals surface area contributed by atoms with Crippen LogP contribution in [0.3, 0.4) is 0 Å². The van der Waals surface area contributed by atoms with E-state index in [-0.39, 0.29) is 6.17 Å². The number of aliphatic imine (C=N–C) groups is 2. The highest BCUT2D eigenvalue weighted by Gasteiger charge is 2.25. The molecular formula is C45H29N3O. The van der Waals surface area contributed by atoms with Gasteiger partial charge in [0.15, 0.2) is 5.84 Å². The number of amidine groups is 2. The molecule has 49 heavy (non-hydrogen) atoms. The smallest absolute Gasteiger partial charge is 0.160 e. The van der Waals surface area contributed by atoms with Crippen molar-refractivity contribution in [2.75, 3.05) is 0 Å². The van der Waals surface area contributed by atoms with Crippen LogP contribution in [0.5, 0.6) is 0 Å². The Bertz CT molecular complexity index is 2800. The van der Waals surface area contributed by atoms with Gasteiger partial charge in [0, 0.05) is 21.9 Å². The molecule has 0 fully saturated rings. The van der Waals surface area contributed by atoms with Gasteiger partial charge in [-0.05, 0) is 73.3 Å². The number of fused-ring (bicyclic) bond motifs is 8. The number of hydrogen-bond donors (Lipinski definition) is 1. The number of hydrogen-bond acceptors (Lipinski definition) is 4. The number of furan rings is 1. The summed E-state index contributed by atoms with van der Waals surface area (Å²) >= 11 is 0. The summed E-state index contributed by atoms with van der Waals surface area (Å²) < 4.78 is 6.50. The Morgan fingerprint density at radius 2 is 1.18 bits per heavy atom. The third-order valence-corrected chi connectivity index (χ3v) is 9.72. The van der Waals surface area contributed by atoms with Gasteiger partial charge < -0.3 is 9.73 Å². The zero-order chi connectivity index (χ0) is 32.3. The molecule has 0 saturated carbocycles. The van der Waals surface area contributed by atoms with E-state index in [1.54, 1.807) is 0 Å². The van der Waals surface area contributed by atoms with E-state index in [0.29, 0.717) is 5.84 Å². The van der Waals surface area contributed by atoms with E-state index in [2.05, 4.69) is 145 Å². The Hall–Kier alpha value is -6.52. The lowest BCUT2D eigenvalue weighted by Crippen LogP contribution is -2.33. The predicted molar refractivity (Wildman–Crippen MR) is 204 cm³/mol. The van der Waals surface area contributed by atoms with Gasteiger partial charge in [-0.1, -0.05) is 140 Å². The van der Waals surface area contributed by atoms with Gasteiger partial charge in [-0.3, -0.25) is 0 Å². The third kappa shape index (κ3) is 4.53. The quantitative estimate of drug-likeness (QED) is 0.197. The lowest BCUT2D eigenvalue weighted by molar-refractivity contribution is 0.668. The molecule has 9 aromatic rings. The summed E-state index contributed by atoms with van der Waals surface area (Å²) in [5.74, 6) is 1.46. The topological polar surface area (TPSA) is 49.9 Å². The van der Waals surface area contributed by atoms with Gasteiger partial charge >= 0.3 is 0 Å². The molecule has 4 nitrogen and oxygen atoms in total. The van der Waals surface area contributed by atoms with Gasteiger partial charge in [0.05, 0.1) is 0 Å². The highest BCUT2D eigenvalue weighted by Crippen LogP contribution is 2.37. The average Bonchev–Trinajstić information content (AvgIpc) is 3.56. The molecule has 4 heteroatoms. The zero-order valence-electron chi connectivity index (χ0n) is 26.5. The van der Waals surface area contributed by atoms with Crippen molar-refractivity contribution in [2.45, 2.75) is 6.17 Å². The van der Waals surface area contributed by atoms with Crippen molar-refractivity contribution in [1.82, 2.24) is 5.32 Å². The fourth-order valence-electron chi connectivity index (χ4n) is 7.39. The molecule has 0 amide bonds. The molecule has 8 aromatic carbocycles. The van der Waals surface area contributed by atoms with Crippen LogP contribution in [0.25, 0.3) is 65.4 Å². The van der Waals surface area contributed by atoms with E-state index < -0.39 is 0 Å². The zero-order valence-corrected chi connectivity index (χ0v) is 26.5. The summed E-state index contributed by atoms with van der Waals surface area (Å²) in [4.78, 5) is 10.7. The van der Waals surface area contributed by atoms with Crippen LogP contribution in [0.15, 0.2) is 178 Å². The normalized spacial score (nSPS) is 14.7. The fourth-order valence-corrected chi connectivity index (χ4v) is 7.39. The molecule has 2 heterocycles. The van der Waals surface area contributed by atoms with Crippen molar-refractivity contribution in [3.63, 3.8) is 0 Å². The molecule has 1 aromatic heterocycles. The van der Waals surface area contributed by atoms with E-state index in [1.165, 1.54) is 26.9 Å². The second-order valence-electron chi connectivity index (χ2n) is 12.6. The average molecular weight is 628 g/mol. The lowest BCUT2D eigenvalue weighted by Gasteiger charge is -2.24. The molecule has 1 unspecified atom stereocenters. The standard InChI is InChI=1S/C45H29N3O/c1-3-12-28(13-4-1)31-23-25-36-41(26-31)49-40-21-11-20-37(42(36)40)44-46-43(30-15-5-2-6-16-30)47-45(48-44)39-27-38-32-17-8-7-14-29(32)22-24-35(38)33-18-9-10-19-34(33)39/h1-27,43H,(H,46,47,48). The highest BCUT2D eigenvalue weighted by molar-refractivity contribution is 6.27. The van der Waals surface area contributed by atoms with Crippen molar-refractivity contribution in [3.8, 4) is 11.1 Å². The minimum Gasteiger partial charge on any atom is -0.456 e. The van der Waals surface area contributed by atoms with Crippen molar-refractivity contribution >= 4 is 65.9 Å². The van der Waals surface area contributed by atoms with Crippen LogP contribution in [-0.2, 0) is 0 Å². The first-order valence-corrected chi connectivity index (χ1v) is 16.6. The number of nitrogens with zero attached hydrogens (tertiary/aromatic N) is 2. The molecule has 0 bridgehead atoms. The van der Waals surface area contributed by atoms with Gasteiger partial charge in [-0.15, -0.1) is 0 Å². The van der Waals surface area contributed by atoms with E-state index in [0.717, 1.165) is 61.0 Å². The predicted octanol–water partition coefficient (Wildman–Crippen LogP) is 11.2. The molecule has 1 atom stereocenters. The van der Waals surface area contributed by atoms with Crippen molar-refractivity contribution in [3.05, 3.63) is 180 Å². The van der Waals surface area contributed by atoms with Gasteiger partial charge in [-0.2, -0.15) is 0 Å². The maximum atomic E-state index is 6.50. The molecule has 1 aliphatic heterocycles. The third-order valence-electron chi connectivity index (χ3n) is 9.72. The van der Waals surface area contributed by atoms with E-state index in [1.807, 2.05) is 24.3 Å². The van der Waals surface area contributed by atoms with Crippen molar-refractivity contribution in [1.29, 1.82) is 0 Å². The summed E-state index contributed by atoms with van der Waals surface area (Å²) in [5, 5.41) is 13.0. The van der Waals surface area contributed by atoms with Gasteiger partial charge in [0.25, 0.3) is 0 Å². The maximum absolute atomic E-state index is 6.50. The SMILES string of the molecule is c1ccc(-c2ccc3c(c2)oc2cccc(C4=NC(c5cc6c7ccccc7ccc6c6ccccc56)=NC(c5ccccc5)N4)c23)cc1. The highest BCUT2D eigenvalue weighted by atomic mass is 16.3. The summed E-state index contributed by atoms with van der Waals surface area (Å²) in [6.07, 6.45) is -0.330. The van der Waals surface area contributed by atoms with Crippen LogP contribution in [0.2, 0.25) is 0 Å². The Labute approximate surface area is 282 Å². The molecule has 0 radical (unpaired) electrons. The Balaban J connectivity index is 1.21. The van der Waals surface area contributed by atoms with Crippen LogP contribution in [0.4, 0.5) is 0 Å². The molecule has 10 rings (SSSR count). The number of rotatable bonds is 4. The second-order valence-corrected chi connectivity index (χ2v) is 12.6. The number of nitrogens with one attached hydrogen (secondary N) is 1. The van der Waals surface area contributed by atoms with Gasteiger partial charge in [0.1, 0.15) is 23.2 Å².